The molecule has 0 spiro atoms. The van der Waals surface area contributed by atoms with Gasteiger partial charge in [-0.1, -0.05) is 11.6 Å². The van der Waals surface area contributed by atoms with Crippen LogP contribution in [-0.2, 0) is 0 Å². The molecule has 0 atom stereocenters. The second kappa shape index (κ2) is 5.58. The molecule has 9 heteroatoms. The highest BCUT2D eigenvalue weighted by molar-refractivity contribution is 6.30. The molecule has 23 heavy (non-hydrogen) atoms. The van der Waals surface area contributed by atoms with Gasteiger partial charge in [-0.15, -0.1) is 0 Å². The second-order valence-corrected chi connectivity index (χ2v) is 4.93. The standard InChI is InChI=1S/C14H9ClN4O4/c15-6-1-2-8(18-5-6)19-13(20)12-10(16)9-7(23-12)3-4-17-11(9)14(21)22/h1-5H,16H2,(H,21,22)(H,18,19,20). The zero-order chi connectivity index (χ0) is 16.6. The molecular formula is C14H9ClN4O4. The van der Waals surface area contributed by atoms with Gasteiger partial charge in [0.05, 0.1) is 16.1 Å². The summed E-state index contributed by atoms with van der Waals surface area (Å²) >= 11 is 5.71. The lowest BCUT2D eigenvalue weighted by Gasteiger charge is -2.02. The van der Waals surface area contributed by atoms with E-state index in [1.54, 1.807) is 6.07 Å². The quantitative estimate of drug-likeness (QED) is 0.671. The van der Waals surface area contributed by atoms with Crippen LogP contribution in [0.3, 0.4) is 0 Å². The van der Waals surface area contributed by atoms with Gasteiger partial charge in [-0.05, 0) is 18.2 Å². The second-order valence-electron chi connectivity index (χ2n) is 4.50. The number of carbonyl (C=O) groups excluding carboxylic acids is 1. The van der Waals surface area contributed by atoms with E-state index in [1.165, 1.54) is 24.5 Å². The summed E-state index contributed by atoms with van der Waals surface area (Å²) in [6.07, 6.45) is 2.63. The molecule has 3 heterocycles. The number of pyridine rings is 2. The topological polar surface area (TPSA) is 131 Å². The van der Waals surface area contributed by atoms with Crippen LogP contribution in [0.25, 0.3) is 11.0 Å². The molecule has 0 fully saturated rings. The Kier molecular flexibility index (Phi) is 3.59. The van der Waals surface area contributed by atoms with Gasteiger partial charge in [0.15, 0.2) is 5.69 Å². The number of rotatable bonds is 3. The van der Waals surface area contributed by atoms with Gasteiger partial charge in [0.25, 0.3) is 5.91 Å². The van der Waals surface area contributed by atoms with Gasteiger partial charge < -0.3 is 20.6 Å². The number of carboxylic acids is 1. The van der Waals surface area contributed by atoms with Crippen LogP contribution < -0.4 is 11.1 Å². The molecule has 0 bridgehead atoms. The number of furan rings is 1. The maximum absolute atomic E-state index is 12.2. The lowest BCUT2D eigenvalue weighted by Crippen LogP contribution is -2.13. The minimum Gasteiger partial charge on any atom is -0.476 e. The minimum absolute atomic E-state index is 0.0780. The Labute approximate surface area is 133 Å². The highest BCUT2D eigenvalue weighted by Crippen LogP contribution is 2.30. The van der Waals surface area contributed by atoms with Crippen molar-refractivity contribution < 1.29 is 19.1 Å². The monoisotopic (exact) mass is 332 g/mol. The van der Waals surface area contributed by atoms with Gasteiger partial charge in [0.1, 0.15) is 11.4 Å². The van der Waals surface area contributed by atoms with Crippen molar-refractivity contribution in [3.8, 4) is 0 Å². The van der Waals surface area contributed by atoms with Gasteiger partial charge in [-0.3, -0.25) is 4.79 Å². The summed E-state index contributed by atoms with van der Waals surface area (Å²) < 4.78 is 5.35. The van der Waals surface area contributed by atoms with Crippen molar-refractivity contribution >= 4 is 46.0 Å². The van der Waals surface area contributed by atoms with E-state index in [9.17, 15) is 9.59 Å². The van der Waals surface area contributed by atoms with Crippen LogP contribution >= 0.6 is 11.6 Å². The van der Waals surface area contributed by atoms with Crippen LogP contribution in [0, 0.1) is 0 Å². The number of fused-ring (bicyclic) bond motifs is 1. The zero-order valence-electron chi connectivity index (χ0n) is 11.4. The van der Waals surface area contributed by atoms with Gasteiger partial charge in [-0.25, -0.2) is 14.8 Å². The van der Waals surface area contributed by atoms with E-state index in [2.05, 4.69) is 15.3 Å². The van der Waals surface area contributed by atoms with Crippen molar-refractivity contribution in [1.29, 1.82) is 0 Å². The van der Waals surface area contributed by atoms with Crippen LogP contribution in [-0.4, -0.2) is 27.0 Å². The molecule has 3 aromatic heterocycles. The molecule has 0 radical (unpaired) electrons. The Bertz CT molecular complexity index is 920. The number of aromatic nitrogens is 2. The smallest absolute Gasteiger partial charge is 0.355 e. The summed E-state index contributed by atoms with van der Waals surface area (Å²) in [5.74, 6) is -1.90. The summed E-state index contributed by atoms with van der Waals surface area (Å²) in [6, 6.07) is 4.48. The molecule has 3 aromatic rings. The summed E-state index contributed by atoms with van der Waals surface area (Å²) in [4.78, 5) is 31.1. The molecule has 1 amide bonds. The number of carbonyl (C=O) groups is 2. The number of amides is 1. The zero-order valence-corrected chi connectivity index (χ0v) is 12.2. The van der Waals surface area contributed by atoms with E-state index in [0.29, 0.717) is 5.02 Å². The van der Waals surface area contributed by atoms with Gasteiger partial charge in [0, 0.05) is 12.4 Å². The van der Waals surface area contributed by atoms with Gasteiger partial charge in [0.2, 0.25) is 5.76 Å². The van der Waals surface area contributed by atoms with Crippen molar-refractivity contribution in [1.82, 2.24) is 9.97 Å². The summed E-state index contributed by atoms with van der Waals surface area (Å²) in [5.41, 5.74) is 5.63. The number of carboxylic acid groups (broad SMARTS) is 1. The van der Waals surface area contributed by atoms with Crippen molar-refractivity contribution in [2.75, 3.05) is 11.1 Å². The van der Waals surface area contributed by atoms with E-state index in [-0.39, 0.29) is 33.9 Å². The summed E-state index contributed by atoms with van der Waals surface area (Å²) in [7, 11) is 0. The van der Waals surface area contributed by atoms with E-state index in [0.717, 1.165) is 0 Å². The van der Waals surface area contributed by atoms with E-state index in [1.807, 2.05) is 0 Å². The largest absolute Gasteiger partial charge is 0.476 e. The molecule has 0 saturated heterocycles. The number of hydrogen-bond acceptors (Lipinski definition) is 6. The highest BCUT2D eigenvalue weighted by Gasteiger charge is 2.23. The predicted molar refractivity (Wildman–Crippen MR) is 82.6 cm³/mol. The van der Waals surface area contributed by atoms with Crippen LogP contribution in [0.4, 0.5) is 11.5 Å². The molecule has 116 valence electrons. The Balaban J connectivity index is 2.01. The number of nitrogens with two attached hydrogens (primary N) is 1. The van der Waals surface area contributed by atoms with E-state index < -0.39 is 11.9 Å². The highest BCUT2D eigenvalue weighted by atomic mass is 35.5. The number of nitrogens with one attached hydrogen (secondary N) is 1. The average molecular weight is 333 g/mol. The van der Waals surface area contributed by atoms with E-state index in [4.69, 9.17) is 26.9 Å². The third-order valence-electron chi connectivity index (χ3n) is 3.02. The minimum atomic E-state index is -1.27. The maximum atomic E-state index is 12.2. The predicted octanol–water partition coefficient (Wildman–Crippen LogP) is 2.41. The van der Waals surface area contributed by atoms with Crippen molar-refractivity contribution in [3.05, 3.63) is 47.1 Å². The lowest BCUT2D eigenvalue weighted by molar-refractivity contribution is 0.0692. The molecule has 0 aliphatic rings. The Morgan fingerprint density at radius 2 is 2.04 bits per heavy atom. The number of anilines is 2. The van der Waals surface area contributed by atoms with Crippen molar-refractivity contribution in [2.45, 2.75) is 0 Å². The summed E-state index contributed by atoms with van der Waals surface area (Å²) in [5, 5.41) is 12.1. The Morgan fingerprint density at radius 3 is 2.70 bits per heavy atom. The number of hydrogen-bond donors (Lipinski definition) is 3. The first-order chi connectivity index (χ1) is 11.0. The average Bonchev–Trinajstić information content (AvgIpc) is 2.87. The molecule has 0 unspecified atom stereocenters. The first-order valence-electron chi connectivity index (χ1n) is 6.30. The van der Waals surface area contributed by atoms with Crippen LogP contribution in [0.5, 0.6) is 0 Å². The van der Waals surface area contributed by atoms with Gasteiger partial charge >= 0.3 is 5.97 Å². The molecule has 0 aliphatic heterocycles. The normalized spacial score (nSPS) is 10.7. The fourth-order valence-corrected chi connectivity index (χ4v) is 2.13. The third kappa shape index (κ3) is 2.67. The number of aromatic carboxylic acids is 1. The first-order valence-corrected chi connectivity index (χ1v) is 6.68. The number of halogens is 1. The van der Waals surface area contributed by atoms with E-state index >= 15 is 0 Å². The van der Waals surface area contributed by atoms with Crippen LogP contribution in [0.15, 0.2) is 35.0 Å². The first kappa shape index (κ1) is 14.8. The molecule has 3 rings (SSSR count). The molecular weight excluding hydrogens is 324 g/mol. The Hall–Kier alpha value is -3.13. The molecule has 4 N–H and O–H groups in total. The Morgan fingerprint density at radius 1 is 1.26 bits per heavy atom. The molecule has 0 aliphatic carbocycles. The van der Waals surface area contributed by atoms with Gasteiger partial charge in [-0.2, -0.15) is 0 Å². The van der Waals surface area contributed by atoms with Crippen LogP contribution in [0.2, 0.25) is 5.02 Å². The maximum Gasteiger partial charge on any atom is 0.355 e. The van der Waals surface area contributed by atoms with Crippen LogP contribution in [0.1, 0.15) is 21.0 Å². The SMILES string of the molecule is Nc1c(C(=O)Nc2ccc(Cl)cn2)oc2ccnc(C(=O)O)c12. The number of nitrogen functional groups attached to an aromatic ring is 1. The third-order valence-corrected chi connectivity index (χ3v) is 3.24. The molecule has 0 saturated carbocycles. The fraction of sp³-hybridized carbons (Fsp3) is 0. The van der Waals surface area contributed by atoms with Crippen molar-refractivity contribution in [2.24, 2.45) is 0 Å². The summed E-state index contributed by atoms with van der Waals surface area (Å²) in [6.45, 7) is 0. The fourth-order valence-electron chi connectivity index (χ4n) is 2.02. The molecule has 0 aromatic carbocycles. The lowest BCUT2D eigenvalue weighted by atomic mass is 10.2. The molecule has 8 nitrogen and oxygen atoms in total. The van der Waals surface area contributed by atoms with Crippen molar-refractivity contribution in [3.63, 3.8) is 0 Å². The number of nitrogens with zero attached hydrogens (tertiary/aromatic N) is 2.